The molecule has 2 N–H and O–H groups in total. The van der Waals surface area contributed by atoms with E-state index in [1.165, 1.54) is 64.5 Å². The van der Waals surface area contributed by atoms with Crippen molar-refractivity contribution in [3.63, 3.8) is 0 Å². The Bertz CT molecular complexity index is 2480. The zero-order chi connectivity index (χ0) is 44.9. The number of nitrogens with one attached hydrogen (secondary N) is 2. The van der Waals surface area contributed by atoms with Gasteiger partial charge in [0.25, 0.3) is 11.4 Å². The summed E-state index contributed by atoms with van der Waals surface area (Å²) < 4.78 is 77.6. The number of benzene rings is 4. The van der Waals surface area contributed by atoms with Crippen LogP contribution in [0.1, 0.15) is 26.7 Å². The summed E-state index contributed by atoms with van der Waals surface area (Å²) in [6, 6.07) is 13.4. The van der Waals surface area contributed by atoms with Crippen molar-refractivity contribution in [1.82, 2.24) is 0 Å². The molecule has 4 aromatic carbocycles. The minimum atomic E-state index is -4.98. The van der Waals surface area contributed by atoms with Crippen molar-refractivity contribution in [3.05, 3.63) is 93.0 Å². The first kappa shape index (κ1) is 51.3. The number of ketones is 2. The van der Waals surface area contributed by atoms with Crippen LogP contribution in [-0.4, -0.2) is 122 Å². The monoisotopic (exact) mass is 1010 g/mol. The van der Waals surface area contributed by atoms with Crippen LogP contribution < -0.4 is 20.1 Å². The number of ether oxygens (including phenoxy) is 2. The van der Waals surface area contributed by atoms with Gasteiger partial charge in [-0.25, -0.2) is 16.8 Å². The largest absolute Gasteiger partial charge is 2.00 e. The van der Waals surface area contributed by atoms with Gasteiger partial charge in [-0.3, -0.25) is 39.4 Å². The standard InChI is InChI=1S/2C17H16N4O8S.Ba/c2*1-10(22)5-17(23)18-15-4-3-13(29-2)9-16(15)20-19-11-6-12(21(24)25)8-14(7-11)30(26,27)28;/h2*3-4,6-9H,5H2,1-2H3,(H,18,23)(H,26,27,28);/q;;+2/p-2. The number of nitrogens with zero attached hydrogens (tertiary/aromatic N) is 6. The average molecular weight is 1010 g/mol. The number of non-ortho nitro benzene ring substituents is 2. The van der Waals surface area contributed by atoms with Gasteiger partial charge in [-0.05, 0) is 50.2 Å². The Labute approximate surface area is 385 Å². The van der Waals surface area contributed by atoms with Crippen LogP contribution in [0.5, 0.6) is 11.5 Å². The number of hydrogen-bond acceptors (Lipinski definition) is 20. The normalized spacial score (nSPS) is 11.1. The third kappa shape index (κ3) is 16.6. The molecule has 0 saturated carbocycles. The number of rotatable bonds is 16. The van der Waals surface area contributed by atoms with Crippen LogP contribution in [0.25, 0.3) is 0 Å². The summed E-state index contributed by atoms with van der Waals surface area (Å²) in [5, 5.41) is 42.2. The zero-order valence-electron chi connectivity index (χ0n) is 32.1. The molecule has 0 bridgehead atoms. The van der Waals surface area contributed by atoms with Crippen LogP contribution >= 0.6 is 0 Å². The molecule has 0 radical (unpaired) electrons. The Balaban J connectivity index is 0.000000413. The van der Waals surface area contributed by atoms with E-state index in [-0.39, 0.29) is 107 Å². The van der Waals surface area contributed by atoms with Crippen LogP contribution in [0.3, 0.4) is 0 Å². The van der Waals surface area contributed by atoms with E-state index in [0.29, 0.717) is 23.6 Å². The third-order valence-corrected chi connectivity index (χ3v) is 8.70. The fourth-order valence-corrected chi connectivity index (χ4v) is 5.53. The van der Waals surface area contributed by atoms with Gasteiger partial charge in [0.15, 0.2) is 0 Å². The molecule has 0 heterocycles. The summed E-state index contributed by atoms with van der Waals surface area (Å²) in [5.41, 5.74) is -1.44. The van der Waals surface area contributed by atoms with Crippen molar-refractivity contribution < 1.29 is 64.4 Å². The maximum Gasteiger partial charge on any atom is 2.00 e. The van der Waals surface area contributed by atoms with Gasteiger partial charge in [0.1, 0.15) is 54.7 Å². The molecule has 27 heteroatoms. The van der Waals surface area contributed by atoms with Crippen molar-refractivity contribution in [3.8, 4) is 11.5 Å². The molecule has 0 aliphatic rings. The number of nitro benzene ring substituents is 2. The average Bonchev–Trinajstić information content (AvgIpc) is 3.15. The van der Waals surface area contributed by atoms with E-state index in [1.807, 2.05) is 0 Å². The molecule has 24 nitrogen and oxygen atoms in total. The number of hydrogen-bond donors (Lipinski definition) is 2. The third-order valence-electron chi connectivity index (χ3n) is 7.07. The first-order valence-corrected chi connectivity index (χ1v) is 19.1. The molecule has 316 valence electrons. The van der Waals surface area contributed by atoms with E-state index in [9.17, 15) is 65.3 Å². The fraction of sp³-hybridized carbons (Fsp3) is 0.176. The number of amides is 2. The minimum absolute atomic E-state index is 0. The molecule has 0 aromatic heterocycles. The summed E-state index contributed by atoms with van der Waals surface area (Å²) in [7, 11) is -7.18. The van der Waals surface area contributed by atoms with E-state index in [1.54, 1.807) is 0 Å². The molecular weight excluding hydrogens is 978 g/mol. The Morgan fingerprint density at radius 3 is 1.21 bits per heavy atom. The summed E-state index contributed by atoms with van der Waals surface area (Å²) >= 11 is 0. The van der Waals surface area contributed by atoms with Crippen LogP contribution in [0.2, 0.25) is 0 Å². The molecule has 0 aliphatic heterocycles. The number of nitro groups is 2. The molecule has 0 saturated heterocycles. The van der Waals surface area contributed by atoms with E-state index >= 15 is 0 Å². The molecule has 0 fully saturated rings. The second-order valence-corrected chi connectivity index (χ2v) is 14.6. The second kappa shape index (κ2) is 22.7. The van der Waals surface area contributed by atoms with Crippen LogP contribution in [-0.2, 0) is 39.4 Å². The molecule has 4 rings (SSSR count). The minimum Gasteiger partial charge on any atom is -0.744 e. The second-order valence-electron chi connectivity index (χ2n) is 11.8. The summed E-state index contributed by atoms with van der Waals surface area (Å²) in [5.74, 6) is -1.22. The van der Waals surface area contributed by atoms with E-state index in [2.05, 4.69) is 31.1 Å². The number of Topliss-reactive ketones (excluding diaryl/α,β-unsaturated/α-hetero) is 2. The zero-order valence-corrected chi connectivity index (χ0v) is 38.2. The Morgan fingerprint density at radius 1 is 0.590 bits per heavy atom. The maximum absolute atomic E-state index is 11.9. The quantitative estimate of drug-likeness (QED) is 0.0359. The predicted octanol–water partition coefficient (Wildman–Crippen LogP) is 5.30. The summed E-state index contributed by atoms with van der Waals surface area (Å²) in [6.45, 7) is 2.50. The molecular formula is C34H30BaN8O16S2. The molecule has 0 aliphatic carbocycles. The first-order chi connectivity index (χ1) is 28.0. The molecule has 2 amide bonds. The Hall–Kier alpha value is -5.85. The van der Waals surface area contributed by atoms with Gasteiger partial charge >= 0.3 is 48.9 Å². The summed E-state index contributed by atoms with van der Waals surface area (Å²) in [4.78, 5) is 64.5. The molecule has 0 atom stereocenters. The molecule has 4 aromatic rings. The van der Waals surface area contributed by atoms with Gasteiger partial charge in [-0.15, -0.1) is 10.2 Å². The fourth-order valence-electron chi connectivity index (χ4n) is 4.47. The Morgan fingerprint density at radius 2 is 0.934 bits per heavy atom. The van der Waals surface area contributed by atoms with Gasteiger partial charge in [0.2, 0.25) is 11.8 Å². The molecule has 0 unspecified atom stereocenters. The van der Waals surface area contributed by atoms with Crippen molar-refractivity contribution in [1.29, 1.82) is 0 Å². The Kier molecular flexibility index (Phi) is 19.1. The van der Waals surface area contributed by atoms with Crippen LogP contribution in [0.4, 0.5) is 45.5 Å². The molecule has 61 heavy (non-hydrogen) atoms. The number of anilines is 2. The van der Waals surface area contributed by atoms with E-state index in [0.717, 1.165) is 24.3 Å². The SMILES string of the molecule is COc1ccc(NC(=O)CC(C)=O)c(N=Nc2cc([N+](=O)[O-])cc(S(=O)(=O)[O-])c2)c1.COc1ccc(NC(=O)CC(C)=O)c(N=Nc2cc([N+](=O)[O-])cc(S(=O)(=O)[O-])c2)c1.[Ba+2]. The van der Waals surface area contributed by atoms with Crippen molar-refractivity contribution in [2.45, 2.75) is 36.5 Å². The number of methoxy groups -OCH3 is 2. The van der Waals surface area contributed by atoms with Gasteiger partial charge in [-0.1, -0.05) is 0 Å². The first-order valence-electron chi connectivity index (χ1n) is 16.3. The summed E-state index contributed by atoms with van der Waals surface area (Å²) in [6.07, 6.45) is -0.726. The predicted molar refractivity (Wildman–Crippen MR) is 210 cm³/mol. The van der Waals surface area contributed by atoms with Crippen molar-refractivity contribution >= 4 is 138 Å². The number of azo groups is 2. The maximum atomic E-state index is 11.9. The smallest absolute Gasteiger partial charge is 0.744 e. The van der Waals surface area contributed by atoms with Crippen LogP contribution in [0, 0.1) is 20.2 Å². The number of carbonyl (C=O) groups excluding carboxylic acids is 4. The molecule has 0 spiro atoms. The van der Waals surface area contributed by atoms with Crippen molar-refractivity contribution in [2.75, 3.05) is 24.9 Å². The number of carbonyl (C=O) groups is 4. The van der Waals surface area contributed by atoms with Crippen molar-refractivity contribution in [2.24, 2.45) is 20.5 Å². The van der Waals surface area contributed by atoms with Gasteiger partial charge < -0.3 is 29.2 Å². The van der Waals surface area contributed by atoms with Crippen LogP contribution in [0.15, 0.2) is 103 Å². The van der Waals surface area contributed by atoms with Gasteiger partial charge in [0.05, 0.1) is 69.4 Å². The van der Waals surface area contributed by atoms with E-state index < -0.39 is 63.1 Å². The topological polar surface area (TPSA) is 361 Å². The van der Waals surface area contributed by atoms with Gasteiger partial charge in [-0.2, -0.15) is 10.2 Å². The van der Waals surface area contributed by atoms with E-state index in [4.69, 9.17) is 9.47 Å². The van der Waals surface area contributed by atoms with Gasteiger partial charge in [0, 0.05) is 36.4 Å².